The summed E-state index contributed by atoms with van der Waals surface area (Å²) in [6.07, 6.45) is 0. The van der Waals surface area contributed by atoms with Gasteiger partial charge in [-0.05, 0) is 24.3 Å². The van der Waals surface area contributed by atoms with E-state index in [0.717, 1.165) is 6.07 Å². The van der Waals surface area contributed by atoms with Gasteiger partial charge in [-0.2, -0.15) is 0 Å². The first-order valence-corrected chi connectivity index (χ1v) is 6.18. The molecule has 0 aliphatic heterocycles. The number of nitro groups is 1. The summed E-state index contributed by atoms with van der Waals surface area (Å²) >= 11 is 0. The summed E-state index contributed by atoms with van der Waals surface area (Å²) in [4.78, 5) is 33.7. The SMILES string of the molecule is Nc1ccc(C(=O)NNC(=O)c2ccccc2)cc1[N+](=O)[O-]. The fourth-order valence-corrected chi connectivity index (χ4v) is 1.69. The van der Waals surface area contributed by atoms with Crippen molar-refractivity contribution in [2.24, 2.45) is 0 Å². The number of carbonyl (C=O) groups is 2. The van der Waals surface area contributed by atoms with Gasteiger partial charge in [-0.1, -0.05) is 18.2 Å². The van der Waals surface area contributed by atoms with Crippen LogP contribution >= 0.6 is 0 Å². The number of hydrazine groups is 1. The molecule has 2 amide bonds. The Morgan fingerprint density at radius 2 is 1.55 bits per heavy atom. The van der Waals surface area contributed by atoms with Crippen molar-refractivity contribution in [1.29, 1.82) is 0 Å². The van der Waals surface area contributed by atoms with Gasteiger partial charge in [-0.15, -0.1) is 0 Å². The highest BCUT2D eigenvalue weighted by molar-refractivity contribution is 5.99. The van der Waals surface area contributed by atoms with E-state index in [9.17, 15) is 19.7 Å². The molecule has 0 aliphatic rings. The van der Waals surface area contributed by atoms with Crippen LogP contribution < -0.4 is 16.6 Å². The van der Waals surface area contributed by atoms with Crippen molar-refractivity contribution in [2.45, 2.75) is 0 Å². The van der Waals surface area contributed by atoms with Crippen LogP contribution in [0.5, 0.6) is 0 Å². The van der Waals surface area contributed by atoms with Crippen LogP contribution in [0.3, 0.4) is 0 Å². The summed E-state index contributed by atoms with van der Waals surface area (Å²) in [6, 6.07) is 11.9. The first kappa shape index (κ1) is 15.0. The Kier molecular flexibility index (Phi) is 4.33. The lowest BCUT2D eigenvalue weighted by Gasteiger charge is -2.07. The highest BCUT2D eigenvalue weighted by Gasteiger charge is 2.16. The van der Waals surface area contributed by atoms with Gasteiger partial charge in [-0.25, -0.2) is 0 Å². The number of carbonyl (C=O) groups excluding carboxylic acids is 2. The molecular formula is C14H12N4O4. The molecule has 2 aromatic rings. The van der Waals surface area contributed by atoms with E-state index in [1.807, 2.05) is 0 Å². The number of amides is 2. The van der Waals surface area contributed by atoms with Crippen LogP contribution in [0.1, 0.15) is 20.7 Å². The van der Waals surface area contributed by atoms with Crippen LogP contribution in [0, 0.1) is 10.1 Å². The first-order chi connectivity index (χ1) is 10.5. The smallest absolute Gasteiger partial charge is 0.292 e. The predicted molar refractivity (Wildman–Crippen MR) is 78.9 cm³/mol. The second kappa shape index (κ2) is 6.35. The lowest BCUT2D eigenvalue weighted by Crippen LogP contribution is -2.41. The summed E-state index contributed by atoms with van der Waals surface area (Å²) in [5.41, 5.74) is 9.80. The fraction of sp³-hybridized carbons (Fsp3) is 0. The van der Waals surface area contributed by atoms with Gasteiger partial charge in [0.2, 0.25) is 0 Å². The van der Waals surface area contributed by atoms with Gasteiger partial charge < -0.3 is 5.73 Å². The molecule has 0 radical (unpaired) electrons. The molecule has 2 rings (SSSR count). The number of nitrogens with one attached hydrogen (secondary N) is 2. The maximum atomic E-state index is 11.9. The van der Waals surface area contributed by atoms with E-state index in [1.54, 1.807) is 30.3 Å². The predicted octanol–water partition coefficient (Wildman–Crippen LogP) is 1.25. The number of nitrogens with zero attached hydrogens (tertiary/aromatic N) is 1. The van der Waals surface area contributed by atoms with Crippen molar-refractivity contribution in [1.82, 2.24) is 10.9 Å². The molecule has 22 heavy (non-hydrogen) atoms. The molecule has 4 N–H and O–H groups in total. The quantitative estimate of drug-likeness (QED) is 0.446. The van der Waals surface area contributed by atoms with E-state index in [1.165, 1.54) is 12.1 Å². The molecule has 0 aromatic heterocycles. The molecule has 0 saturated carbocycles. The van der Waals surface area contributed by atoms with E-state index in [-0.39, 0.29) is 16.9 Å². The van der Waals surface area contributed by atoms with Gasteiger partial charge in [0.05, 0.1) is 4.92 Å². The largest absolute Gasteiger partial charge is 0.393 e. The summed E-state index contributed by atoms with van der Waals surface area (Å²) < 4.78 is 0. The Bertz CT molecular complexity index is 731. The van der Waals surface area contributed by atoms with Crippen LogP contribution in [0.25, 0.3) is 0 Å². The van der Waals surface area contributed by atoms with Crippen molar-refractivity contribution in [3.05, 3.63) is 69.8 Å². The Morgan fingerprint density at radius 1 is 0.955 bits per heavy atom. The minimum Gasteiger partial charge on any atom is -0.393 e. The third-order valence-electron chi connectivity index (χ3n) is 2.81. The molecular weight excluding hydrogens is 288 g/mol. The normalized spacial score (nSPS) is 9.82. The molecule has 0 bridgehead atoms. The van der Waals surface area contributed by atoms with Gasteiger partial charge >= 0.3 is 0 Å². The topological polar surface area (TPSA) is 127 Å². The molecule has 112 valence electrons. The van der Waals surface area contributed by atoms with Crippen LogP contribution in [-0.4, -0.2) is 16.7 Å². The van der Waals surface area contributed by atoms with Crippen LogP contribution in [0.2, 0.25) is 0 Å². The van der Waals surface area contributed by atoms with Crippen LogP contribution in [0.4, 0.5) is 11.4 Å². The van der Waals surface area contributed by atoms with Crippen molar-refractivity contribution in [2.75, 3.05) is 5.73 Å². The standard InChI is InChI=1S/C14H12N4O4/c15-11-7-6-10(8-12(11)18(21)22)14(20)17-16-13(19)9-4-2-1-3-5-9/h1-8H,15H2,(H,16,19)(H,17,20). The molecule has 0 spiro atoms. The van der Waals surface area contributed by atoms with Crippen LogP contribution in [-0.2, 0) is 0 Å². The summed E-state index contributed by atoms with van der Waals surface area (Å²) in [5.74, 6) is -1.19. The second-order valence-electron chi connectivity index (χ2n) is 4.30. The number of benzene rings is 2. The average molecular weight is 300 g/mol. The van der Waals surface area contributed by atoms with E-state index in [0.29, 0.717) is 5.56 Å². The maximum Gasteiger partial charge on any atom is 0.292 e. The zero-order valence-electron chi connectivity index (χ0n) is 11.3. The maximum absolute atomic E-state index is 11.9. The number of anilines is 1. The van der Waals surface area contributed by atoms with Crippen molar-refractivity contribution in [3.8, 4) is 0 Å². The number of hydrogen-bond acceptors (Lipinski definition) is 5. The number of nitro benzene ring substituents is 1. The Labute approximate surface area is 125 Å². The van der Waals surface area contributed by atoms with Crippen molar-refractivity contribution in [3.63, 3.8) is 0 Å². The minimum atomic E-state index is -0.688. The molecule has 0 unspecified atom stereocenters. The zero-order valence-corrected chi connectivity index (χ0v) is 11.3. The third-order valence-corrected chi connectivity index (χ3v) is 2.81. The van der Waals surface area contributed by atoms with E-state index < -0.39 is 16.7 Å². The lowest BCUT2D eigenvalue weighted by atomic mass is 10.1. The van der Waals surface area contributed by atoms with E-state index >= 15 is 0 Å². The number of hydrogen-bond donors (Lipinski definition) is 3. The molecule has 0 heterocycles. The number of rotatable bonds is 3. The van der Waals surface area contributed by atoms with Gasteiger partial charge in [-0.3, -0.25) is 30.6 Å². The number of nitrogen functional groups attached to an aromatic ring is 1. The fourth-order valence-electron chi connectivity index (χ4n) is 1.69. The third kappa shape index (κ3) is 3.37. The minimum absolute atomic E-state index is 0.00858. The van der Waals surface area contributed by atoms with Gasteiger partial charge in [0.1, 0.15) is 5.69 Å². The molecule has 0 atom stereocenters. The molecule has 8 heteroatoms. The highest BCUT2D eigenvalue weighted by atomic mass is 16.6. The molecule has 0 saturated heterocycles. The Balaban J connectivity index is 2.05. The van der Waals surface area contributed by atoms with E-state index in [4.69, 9.17) is 5.73 Å². The van der Waals surface area contributed by atoms with Crippen molar-refractivity contribution >= 4 is 23.2 Å². The zero-order chi connectivity index (χ0) is 16.1. The second-order valence-corrected chi connectivity index (χ2v) is 4.30. The number of nitrogens with two attached hydrogens (primary N) is 1. The van der Waals surface area contributed by atoms with Gasteiger partial charge in [0, 0.05) is 17.2 Å². The van der Waals surface area contributed by atoms with E-state index in [2.05, 4.69) is 10.9 Å². The average Bonchev–Trinajstić information content (AvgIpc) is 2.53. The van der Waals surface area contributed by atoms with Gasteiger partial charge in [0.25, 0.3) is 17.5 Å². The van der Waals surface area contributed by atoms with Crippen molar-refractivity contribution < 1.29 is 14.5 Å². The summed E-state index contributed by atoms with van der Waals surface area (Å²) in [6.45, 7) is 0. The Hall–Kier alpha value is -3.42. The lowest BCUT2D eigenvalue weighted by molar-refractivity contribution is -0.383. The molecule has 2 aromatic carbocycles. The Morgan fingerprint density at radius 3 is 2.14 bits per heavy atom. The van der Waals surface area contributed by atoms with Gasteiger partial charge in [0.15, 0.2) is 0 Å². The summed E-state index contributed by atoms with van der Waals surface area (Å²) in [5, 5.41) is 10.8. The molecule has 8 nitrogen and oxygen atoms in total. The highest BCUT2D eigenvalue weighted by Crippen LogP contribution is 2.22. The molecule has 0 aliphatic carbocycles. The van der Waals surface area contributed by atoms with Crippen LogP contribution in [0.15, 0.2) is 48.5 Å². The first-order valence-electron chi connectivity index (χ1n) is 6.18. The summed E-state index contributed by atoms with van der Waals surface area (Å²) in [7, 11) is 0. The monoisotopic (exact) mass is 300 g/mol. The molecule has 0 fully saturated rings.